The van der Waals surface area contributed by atoms with Crippen LogP contribution in [0.4, 0.5) is 4.79 Å². The van der Waals surface area contributed by atoms with Crippen LogP contribution < -0.4 is 14.8 Å². The van der Waals surface area contributed by atoms with E-state index in [0.717, 1.165) is 34.3 Å². The van der Waals surface area contributed by atoms with E-state index in [0.29, 0.717) is 22.3 Å². The number of amides is 3. The summed E-state index contributed by atoms with van der Waals surface area (Å²) in [5.41, 5.74) is 1.91. The Hall–Kier alpha value is -3.27. The number of aromatic nitrogens is 2. The maximum absolute atomic E-state index is 12.6. The Morgan fingerprint density at radius 3 is 2.90 bits per heavy atom. The Kier molecular flexibility index (Phi) is 5.99. The average Bonchev–Trinajstić information content (AvgIpc) is 3.43. The molecular formula is C21H22N4O5S. The van der Waals surface area contributed by atoms with Gasteiger partial charge in [-0.05, 0) is 53.9 Å². The fourth-order valence-corrected chi connectivity index (χ4v) is 4.11. The fraction of sp³-hybridized carbons (Fsp3) is 0.333. The molecule has 1 saturated heterocycles. The van der Waals surface area contributed by atoms with Crippen LogP contribution in [-0.2, 0) is 11.2 Å². The molecule has 2 aromatic rings. The molecule has 2 aliphatic heterocycles. The first-order valence-corrected chi connectivity index (χ1v) is 10.7. The standard InChI is InChI=1S/C21H22N4O5S/c1-12(2)7-14-10-15(24-23-14)19(26)22-5-6-25-20(27)18(31-21(25)28)9-13-3-4-16-17(8-13)30-11-29-16/h3-4,8-10,12H,5-7,11H2,1-2H3,(H,22,26)(H,23,24)/b18-9+. The van der Waals surface area contributed by atoms with E-state index in [1.807, 2.05) is 0 Å². The number of rotatable bonds is 7. The van der Waals surface area contributed by atoms with Crippen molar-refractivity contribution < 1.29 is 23.9 Å². The topological polar surface area (TPSA) is 114 Å². The largest absolute Gasteiger partial charge is 0.454 e. The first kappa shape index (κ1) is 21.0. The number of H-pyrrole nitrogens is 1. The summed E-state index contributed by atoms with van der Waals surface area (Å²) >= 11 is 0.871. The van der Waals surface area contributed by atoms with Gasteiger partial charge in [0.1, 0.15) is 5.69 Å². The summed E-state index contributed by atoms with van der Waals surface area (Å²) in [5.74, 6) is 0.954. The van der Waals surface area contributed by atoms with Gasteiger partial charge in [-0.25, -0.2) is 0 Å². The van der Waals surface area contributed by atoms with Crippen LogP contribution in [0.5, 0.6) is 11.5 Å². The summed E-state index contributed by atoms with van der Waals surface area (Å²) in [4.78, 5) is 38.6. The Morgan fingerprint density at radius 1 is 1.29 bits per heavy atom. The SMILES string of the molecule is CC(C)Cc1cc(C(=O)NCCN2C(=O)S/C(=C/c3ccc4c(c3)OCO4)C2=O)n[nH]1. The zero-order valence-corrected chi connectivity index (χ0v) is 18.0. The lowest BCUT2D eigenvalue weighted by Crippen LogP contribution is -2.37. The van der Waals surface area contributed by atoms with E-state index in [-0.39, 0.29) is 42.6 Å². The molecule has 10 heteroatoms. The van der Waals surface area contributed by atoms with Crippen LogP contribution in [0.15, 0.2) is 29.2 Å². The molecular weight excluding hydrogens is 420 g/mol. The predicted octanol–water partition coefficient (Wildman–Crippen LogP) is 2.80. The Labute approximate surface area is 183 Å². The molecule has 0 bridgehead atoms. The van der Waals surface area contributed by atoms with E-state index in [1.165, 1.54) is 0 Å². The molecule has 1 aromatic heterocycles. The molecule has 0 saturated carbocycles. The van der Waals surface area contributed by atoms with Crippen molar-refractivity contribution in [3.05, 3.63) is 46.1 Å². The van der Waals surface area contributed by atoms with Crippen LogP contribution in [0.1, 0.15) is 35.6 Å². The molecule has 31 heavy (non-hydrogen) atoms. The molecule has 0 atom stereocenters. The lowest BCUT2D eigenvalue weighted by atomic mass is 10.1. The van der Waals surface area contributed by atoms with Gasteiger partial charge in [0.2, 0.25) is 6.79 Å². The minimum atomic E-state index is -0.388. The molecule has 2 N–H and O–H groups in total. The molecule has 3 heterocycles. The molecule has 3 amide bonds. The summed E-state index contributed by atoms with van der Waals surface area (Å²) in [7, 11) is 0. The second-order valence-corrected chi connectivity index (χ2v) is 8.57. The van der Waals surface area contributed by atoms with Gasteiger partial charge < -0.3 is 14.8 Å². The first-order chi connectivity index (χ1) is 14.9. The Bertz CT molecular complexity index is 1060. The van der Waals surface area contributed by atoms with Crippen molar-refractivity contribution in [2.24, 2.45) is 5.92 Å². The van der Waals surface area contributed by atoms with Crippen LogP contribution in [0.2, 0.25) is 0 Å². The zero-order valence-electron chi connectivity index (χ0n) is 17.1. The molecule has 1 fully saturated rings. The molecule has 9 nitrogen and oxygen atoms in total. The molecule has 4 rings (SSSR count). The predicted molar refractivity (Wildman–Crippen MR) is 115 cm³/mol. The molecule has 0 aliphatic carbocycles. The fourth-order valence-electron chi connectivity index (χ4n) is 3.24. The summed E-state index contributed by atoms with van der Waals surface area (Å²) in [6.07, 6.45) is 2.44. The number of nitrogens with one attached hydrogen (secondary N) is 2. The summed E-state index contributed by atoms with van der Waals surface area (Å²) < 4.78 is 10.6. The highest BCUT2D eigenvalue weighted by Crippen LogP contribution is 2.36. The van der Waals surface area contributed by atoms with E-state index >= 15 is 0 Å². The van der Waals surface area contributed by atoms with Crippen molar-refractivity contribution in [1.82, 2.24) is 20.4 Å². The van der Waals surface area contributed by atoms with Crippen molar-refractivity contribution >= 4 is 34.9 Å². The molecule has 2 aliphatic rings. The number of thioether (sulfide) groups is 1. The Morgan fingerprint density at radius 2 is 2.10 bits per heavy atom. The van der Waals surface area contributed by atoms with Crippen molar-refractivity contribution in [1.29, 1.82) is 0 Å². The second kappa shape index (κ2) is 8.84. The molecule has 0 unspecified atom stereocenters. The molecule has 1 aromatic carbocycles. The van der Waals surface area contributed by atoms with Gasteiger partial charge in [-0.15, -0.1) is 0 Å². The van der Waals surface area contributed by atoms with Crippen LogP contribution >= 0.6 is 11.8 Å². The van der Waals surface area contributed by atoms with E-state index in [2.05, 4.69) is 29.4 Å². The quantitative estimate of drug-likeness (QED) is 0.634. The highest BCUT2D eigenvalue weighted by Gasteiger charge is 2.34. The number of aromatic amines is 1. The monoisotopic (exact) mass is 442 g/mol. The third-order valence-corrected chi connectivity index (χ3v) is 5.59. The number of benzene rings is 1. The van der Waals surface area contributed by atoms with E-state index in [9.17, 15) is 14.4 Å². The number of ether oxygens (including phenoxy) is 2. The van der Waals surface area contributed by atoms with Gasteiger partial charge in [0.05, 0.1) is 4.91 Å². The molecule has 0 radical (unpaired) electrons. The van der Waals surface area contributed by atoms with Gasteiger partial charge in [0.25, 0.3) is 17.1 Å². The molecule has 162 valence electrons. The number of imide groups is 1. The highest BCUT2D eigenvalue weighted by molar-refractivity contribution is 8.18. The third-order valence-electron chi connectivity index (χ3n) is 4.68. The van der Waals surface area contributed by atoms with Gasteiger partial charge in [-0.1, -0.05) is 19.9 Å². The van der Waals surface area contributed by atoms with Crippen LogP contribution in [-0.4, -0.2) is 52.0 Å². The highest BCUT2D eigenvalue weighted by atomic mass is 32.2. The lowest BCUT2D eigenvalue weighted by Gasteiger charge is -2.12. The zero-order chi connectivity index (χ0) is 22.0. The molecule has 0 spiro atoms. The van der Waals surface area contributed by atoms with Crippen molar-refractivity contribution in [3.63, 3.8) is 0 Å². The first-order valence-electron chi connectivity index (χ1n) is 9.88. The normalized spacial score (nSPS) is 16.6. The van der Waals surface area contributed by atoms with Gasteiger partial charge in [0.15, 0.2) is 11.5 Å². The summed E-state index contributed by atoms with van der Waals surface area (Å²) in [6, 6.07) is 7.02. The van der Waals surface area contributed by atoms with E-state index in [4.69, 9.17) is 9.47 Å². The maximum Gasteiger partial charge on any atom is 0.293 e. The minimum absolute atomic E-state index is 0.0815. The van der Waals surface area contributed by atoms with Gasteiger partial charge in [-0.2, -0.15) is 5.10 Å². The van der Waals surface area contributed by atoms with Gasteiger partial charge >= 0.3 is 0 Å². The summed E-state index contributed by atoms with van der Waals surface area (Å²) in [5, 5.41) is 9.20. The number of carbonyl (C=O) groups excluding carboxylic acids is 3. The van der Waals surface area contributed by atoms with Crippen molar-refractivity contribution in [2.75, 3.05) is 19.9 Å². The van der Waals surface area contributed by atoms with E-state index < -0.39 is 0 Å². The van der Waals surface area contributed by atoms with E-state index in [1.54, 1.807) is 30.3 Å². The van der Waals surface area contributed by atoms with Crippen molar-refractivity contribution in [2.45, 2.75) is 20.3 Å². The maximum atomic E-state index is 12.6. The number of hydrogen-bond donors (Lipinski definition) is 2. The number of carbonyl (C=O) groups is 3. The van der Waals surface area contributed by atoms with Crippen LogP contribution in [0, 0.1) is 5.92 Å². The summed E-state index contributed by atoms with van der Waals surface area (Å²) in [6.45, 7) is 4.55. The van der Waals surface area contributed by atoms with Crippen molar-refractivity contribution in [3.8, 4) is 11.5 Å². The number of fused-ring (bicyclic) bond motifs is 1. The van der Waals surface area contributed by atoms with Crippen LogP contribution in [0.3, 0.4) is 0 Å². The van der Waals surface area contributed by atoms with Gasteiger partial charge in [-0.3, -0.25) is 24.4 Å². The lowest BCUT2D eigenvalue weighted by molar-refractivity contribution is -0.122. The van der Waals surface area contributed by atoms with Crippen LogP contribution in [0.25, 0.3) is 6.08 Å². The van der Waals surface area contributed by atoms with Gasteiger partial charge in [0, 0.05) is 18.8 Å². The Balaban J connectivity index is 1.33. The smallest absolute Gasteiger partial charge is 0.293 e. The third kappa shape index (κ3) is 4.74. The minimum Gasteiger partial charge on any atom is -0.454 e. The number of nitrogens with zero attached hydrogens (tertiary/aromatic N) is 2. The average molecular weight is 442 g/mol. The number of hydrogen-bond acceptors (Lipinski definition) is 7. The second-order valence-electron chi connectivity index (χ2n) is 7.58.